The first-order chi connectivity index (χ1) is 16.3. The molecule has 2 heterocycles. The van der Waals surface area contributed by atoms with Gasteiger partial charge in [0.15, 0.2) is 17.6 Å². The van der Waals surface area contributed by atoms with Crippen molar-refractivity contribution in [2.75, 3.05) is 21.3 Å². The van der Waals surface area contributed by atoms with E-state index in [1.165, 1.54) is 0 Å². The van der Waals surface area contributed by atoms with Crippen LogP contribution in [0.1, 0.15) is 50.0 Å². The fourth-order valence-corrected chi connectivity index (χ4v) is 4.11. The Kier molecular flexibility index (Phi) is 6.37. The molecule has 0 fully saturated rings. The number of fused-ring (bicyclic) bond motifs is 2. The third-order valence-electron chi connectivity index (χ3n) is 5.80. The largest absolute Gasteiger partial charge is 0.496 e. The normalized spacial score (nSPS) is 14.6. The third kappa shape index (κ3) is 4.25. The van der Waals surface area contributed by atoms with E-state index in [2.05, 4.69) is 4.98 Å². The molecule has 4 rings (SSSR count). The molecule has 34 heavy (non-hydrogen) atoms. The summed E-state index contributed by atoms with van der Waals surface area (Å²) in [6.45, 7) is 5.74. The van der Waals surface area contributed by atoms with Crippen molar-refractivity contribution in [1.82, 2.24) is 4.98 Å². The highest BCUT2D eigenvalue weighted by Gasteiger charge is 2.30. The molecule has 7 heteroatoms. The summed E-state index contributed by atoms with van der Waals surface area (Å²) in [4.78, 5) is 17.0. The number of ether oxygens (including phenoxy) is 5. The molecule has 1 aliphatic heterocycles. The zero-order valence-corrected chi connectivity index (χ0v) is 20.3. The second-order valence-electron chi connectivity index (χ2n) is 8.49. The first kappa shape index (κ1) is 23.4. The molecule has 7 nitrogen and oxygen atoms in total. The molecule has 1 atom stereocenters. The topological polar surface area (TPSA) is 76.1 Å². The van der Waals surface area contributed by atoms with Crippen molar-refractivity contribution in [2.24, 2.45) is 0 Å². The predicted molar refractivity (Wildman–Crippen MR) is 130 cm³/mol. The van der Waals surface area contributed by atoms with Crippen LogP contribution < -0.4 is 18.9 Å². The van der Waals surface area contributed by atoms with Crippen molar-refractivity contribution in [3.05, 3.63) is 59.3 Å². The minimum absolute atomic E-state index is 0.237. The molecule has 0 aliphatic carbocycles. The third-order valence-corrected chi connectivity index (χ3v) is 5.80. The summed E-state index contributed by atoms with van der Waals surface area (Å²) in [7, 11) is 4.76. The molecule has 0 radical (unpaired) electrons. The average Bonchev–Trinajstić information content (AvgIpc) is 2.84. The van der Waals surface area contributed by atoms with Gasteiger partial charge in [0.2, 0.25) is 0 Å². The lowest BCUT2D eigenvalue weighted by Crippen LogP contribution is -2.27. The quantitative estimate of drug-likeness (QED) is 0.429. The highest BCUT2D eigenvalue weighted by molar-refractivity contribution is 5.87. The van der Waals surface area contributed by atoms with Crippen molar-refractivity contribution in [3.63, 3.8) is 0 Å². The summed E-state index contributed by atoms with van der Waals surface area (Å²) in [6.07, 6.45) is 5.15. The molecular formula is C27H29NO6. The highest BCUT2D eigenvalue weighted by atomic mass is 16.5. The van der Waals surface area contributed by atoms with Crippen LogP contribution >= 0.6 is 0 Å². The van der Waals surface area contributed by atoms with Gasteiger partial charge in [-0.25, -0.2) is 0 Å². The van der Waals surface area contributed by atoms with Gasteiger partial charge in [-0.1, -0.05) is 6.92 Å². The minimum Gasteiger partial charge on any atom is -0.496 e. The zero-order valence-electron chi connectivity index (χ0n) is 20.3. The van der Waals surface area contributed by atoms with Crippen LogP contribution in [0.3, 0.4) is 0 Å². The van der Waals surface area contributed by atoms with E-state index in [9.17, 15) is 4.79 Å². The Bertz CT molecular complexity index is 1260. The SMILES string of the molecule is CCC(=O)OC(c1ccc2c(c1OC)C=CC(C)(C)O2)c1ccnc2cc(OC)c(OC)cc12. The fraction of sp³-hybridized carbons (Fsp3) is 0.333. The van der Waals surface area contributed by atoms with Gasteiger partial charge in [-0.05, 0) is 50.3 Å². The number of rotatable bonds is 7. The summed E-state index contributed by atoms with van der Waals surface area (Å²) in [5.41, 5.74) is 2.53. The molecule has 0 spiro atoms. The number of carbonyl (C=O) groups excluding carboxylic acids is 1. The summed E-state index contributed by atoms with van der Waals surface area (Å²) < 4.78 is 28.9. The van der Waals surface area contributed by atoms with E-state index in [0.717, 1.165) is 16.5 Å². The first-order valence-corrected chi connectivity index (χ1v) is 11.1. The number of hydrogen-bond acceptors (Lipinski definition) is 7. The molecule has 0 saturated heterocycles. The number of pyridine rings is 1. The summed E-state index contributed by atoms with van der Waals surface area (Å²) in [5, 5.41) is 0.779. The van der Waals surface area contributed by atoms with E-state index in [1.807, 2.05) is 50.3 Å². The van der Waals surface area contributed by atoms with E-state index in [1.54, 1.807) is 40.5 Å². The molecule has 1 unspecified atom stereocenters. The van der Waals surface area contributed by atoms with Crippen LogP contribution in [0, 0.1) is 0 Å². The van der Waals surface area contributed by atoms with Gasteiger partial charge in [-0.3, -0.25) is 9.78 Å². The van der Waals surface area contributed by atoms with Crippen LogP contribution in [0.15, 0.2) is 42.6 Å². The summed E-state index contributed by atoms with van der Waals surface area (Å²) >= 11 is 0. The molecular weight excluding hydrogens is 434 g/mol. The van der Waals surface area contributed by atoms with Gasteiger partial charge in [0.1, 0.15) is 17.1 Å². The van der Waals surface area contributed by atoms with Crippen molar-refractivity contribution >= 4 is 22.9 Å². The lowest BCUT2D eigenvalue weighted by Gasteiger charge is -2.30. The molecule has 178 valence electrons. The van der Waals surface area contributed by atoms with Crippen molar-refractivity contribution in [1.29, 1.82) is 0 Å². The smallest absolute Gasteiger partial charge is 0.306 e. The van der Waals surface area contributed by atoms with E-state index in [0.29, 0.717) is 34.1 Å². The second kappa shape index (κ2) is 9.25. The second-order valence-corrected chi connectivity index (χ2v) is 8.49. The van der Waals surface area contributed by atoms with Gasteiger partial charge in [0, 0.05) is 35.2 Å². The van der Waals surface area contributed by atoms with Crippen LogP contribution in [0.4, 0.5) is 0 Å². The number of benzene rings is 2. The van der Waals surface area contributed by atoms with E-state index in [-0.39, 0.29) is 12.4 Å². The zero-order chi connectivity index (χ0) is 24.5. The monoisotopic (exact) mass is 463 g/mol. The van der Waals surface area contributed by atoms with Crippen LogP contribution in [-0.2, 0) is 9.53 Å². The fourth-order valence-electron chi connectivity index (χ4n) is 4.11. The Hall–Kier alpha value is -3.74. The van der Waals surface area contributed by atoms with Crippen LogP contribution in [0.5, 0.6) is 23.0 Å². The molecule has 0 amide bonds. The molecule has 1 aromatic heterocycles. The van der Waals surface area contributed by atoms with Crippen molar-refractivity contribution in [2.45, 2.75) is 38.9 Å². The van der Waals surface area contributed by atoms with Crippen molar-refractivity contribution < 1.29 is 28.5 Å². The highest BCUT2D eigenvalue weighted by Crippen LogP contribution is 2.45. The number of esters is 1. The number of hydrogen-bond donors (Lipinski definition) is 0. The minimum atomic E-state index is -0.736. The Morgan fingerprint density at radius 1 is 1.03 bits per heavy atom. The standard InChI is InChI=1S/C27H29NO6/c1-7-24(29)33-26(16-11-13-28-20-15-23(31-5)22(30-4)14-19(16)20)18-8-9-21-17(25(18)32-6)10-12-27(2,3)34-21/h8-15,26H,7H2,1-6H3. The van der Waals surface area contributed by atoms with Gasteiger partial charge in [0.25, 0.3) is 0 Å². The van der Waals surface area contributed by atoms with Gasteiger partial charge < -0.3 is 23.7 Å². The Morgan fingerprint density at radius 3 is 2.44 bits per heavy atom. The maximum atomic E-state index is 12.5. The van der Waals surface area contributed by atoms with Crippen LogP contribution in [0.2, 0.25) is 0 Å². The van der Waals surface area contributed by atoms with Gasteiger partial charge in [0.05, 0.1) is 32.4 Å². The number of nitrogens with zero attached hydrogens (tertiary/aromatic N) is 1. The molecule has 0 saturated carbocycles. The molecule has 2 aromatic carbocycles. The summed E-state index contributed by atoms with van der Waals surface area (Å²) in [6, 6.07) is 9.26. The molecule has 1 aliphatic rings. The molecule has 0 bridgehead atoms. The van der Waals surface area contributed by atoms with E-state index in [4.69, 9.17) is 23.7 Å². The van der Waals surface area contributed by atoms with Gasteiger partial charge in [-0.2, -0.15) is 0 Å². The van der Waals surface area contributed by atoms with E-state index >= 15 is 0 Å². The van der Waals surface area contributed by atoms with Gasteiger partial charge in [-0.15, -0.1) is 0 Å². The van der Waals surface area contributed by atoms with Gasteiger partial charge >= 0.3 is 5.97 Å². The first-order valence-electron chi connectivity index (χ1n) is 11.1. The Morgan fingerprint density at radius 2 is 1.76 bits per heavy atom. The lowest BCUT2D eigenvalue weighted by molar-refractivity contribution is -0.147. The maximum Gasteiger partial charge on any atom is 0.306 e. The Balaban J connectivity index is 1.95. The lowest BCUT2D eigenvalue weighted by atomic mass is 9.93. The number of carbonyl (C=O) groups is 1. The summed E-state index contributed by atoms with van der Waals surface area (Å²) in [5.74, 6) is 2.09. The molecule has 3 aromatic rings. The van der Waals surface area contributed by atoms with Crippen LogP contribution in [0.25, 0.3) is 17.0 Å². The Labute approximate surface area is 199 Å². The van der Waals surface area contributed by atoms with Crippen molar-refractivity contribution in [3.8, 4) is 23.0 Å². The molecule has 0 N–H and O–H groups in total. The van der Waals surface area contributed by atoms with E-state index < -0.39 is 11.7 Å². The van der Waals surface area contributed by atoms with Crippen LogP contribution in [-0.4, -0.2) is 37.9 Å². The number of aromatic nitrogens is 1. The average molecular weight is 464 g/mol. The number of methoxy groups -OCH3 is 3. The predicted octanol–water partition coefficient (Wildman–Crippen LogP) is 5.49. The maximum absolute atomic E-state index is 12.5.